The highest BCUT2D eigenvalue weighted by Crippen LogP contribution is 2.45. The summed E-state index contributed by atoms with van der Waals surface area (Å²) in [4.78, 5) is 0. The van der Waals surface area contributed by atoms with E-state index in [2.05, 4.69) is 18.2 Å². The van der Waals surface area contributed by atoms with Crippen LogP contribution in [0.1, 0.15) is 38.7 Å². The van der Waals surface area contributed by atoms with Gasteiger partial charge in [-0.2, -0.15) is 0 Å². The average Bonchev–Trinajstić information content (AvgIpc) is 2.29. The zero-order valence-corrected chi connectivity index (χ0v) is 12.9. The fourth-order valence-corrected chi connectivity index (χ4v) is 2.65. The Morgan fingerprint density at radius 3 is 2.32 bits per heavy atom. The van der Waals surface area contributed by atoms with Gasteiger partial charge in [-0.15, -0.1) is 0 Å². The minimum absolute atomic E-state index is 0.0707. The van der Waals surface area contributed by atoms with Crippen LogP contribution in [0.4, 0.5) is 0 Å². The molecule has 0 saturated heterocycles. The van der Waals surface area contributed by atoms with Crippen molar-refractivity contribution in [1.82, 2.24) is 0 Å². The molecular formula is C15H20ClNOS. The summed E-state index contributed by atoms with van der Waals surface area (Å²) < 4.78 is 11.0. The molecule has 0 bridgehead atoms. The number of nitrogens with two attached hydrogens (primary N) is 1. The van der Waals surface area contributed by atoms with Gasteiger partial charge < -0.3 is 0 Å². The SMILES string of the molecule is CC(C)(C=CC1(c2ccc(Cl)cc2)CCC1)S(N)=O. The van der Waals surface area contributed by atoms with Gasteiger partial charge in [0, 0.05) is 10.4 Å². The summed E-state index contributed by atoms with van der Waals surface area (Å²) in [5.41, 5.74) is 1.35. The molecule has 19 heavy (non-hydrogen) atoms. The van der Waals surface area contributed by atoms with Crippen LogP contribution in [-0.2, 0) is 16.4 Å². The van der Waals surface area contributed by atoms with Gasteiger partial charge in [0.1, 0.15) is 0 Å². The smallest absolute Gasteiger partial charge is 0.0984 e. The highest BCUT2D eigenvalue weighted by Gasteiger charge is 2.37. The molecule has 0 amide bonds. The van der Waals surface area contributed by atoms with Crippen molar-refractivity contribution in [3.8, 4) is 0 Å². The molecule has 2 N–H and O–H groups in total. The second-order valence-corrected chi connectivity index (χ2v) is 7.83. The van der Waals surface area contributed by atoms with Crippen LogP contribution >= 0.6 is 11.6 Å². The van der Waals surface area contributed by atoms with Gasteiger partial charge in [-0.05, 0) is 44.4 Å². The molecule has 1 aromatic carbocycles. The second kappa shape index (κ2) is 5.39. The van der Waals surface area contributed by atoms with Gasteiger partial charge >= 0.3 is 0 Å². The van der Waals surface area contributed by atoms with Crippen molar-refractivity contribution in [1.29, 1.82) is 0 Å². The number of hydrogen-bond acceptors (Lipinski definition) is 1. The Morgan fingerprint density at radius 1 is 1.32 bits per heavy atom. The Hall–Kier alpha value is -0.640. The van der Waals surface area contributed by atoms with Crippen LogP contribution in [0.3, 0.4) is 0 Å². The third-order valence-corrected chi connectivity index (χ3v) is 5.41. The average molecular weight is 298 g/mol. The number of allylic oxidation sites excluding steroid dienone is 1. The van der Waals surface area contributed by atoms with E-state index in [9.17, 15) is 4.21 Å². The van der Waals surface area contributed by atoms with Gasteiger partial charge in [0.2, 0.25) is 0 Å². The molecule has 1 aromatic rings. The highest BCUT2D eigenvalue weighted by atomic mass is 35.5. The van der Waals surface area contributed by atoms with Crippen LogP contribution < -0.4 is 5.14 Å². The van der Waals surface area contributed by atoms with E-state index in [-0.39, 0.29) is 5.41 Å². The van der Waals surface area contributed by atoms with Gasteiger partial charge in [-0.1, -0.05) is 42.3 Å². The van der Waals surface area contributed by atoms with Crippen LogP contribution in [-0.4, -0.2) is 8.96 Å². The molecule has 2 rings (SSSR count). The standard InChI is InChI=1S/C15H20ClNOS/c1-14(2,19(17)18)10-11-15(8-3-9-15)12-4-6-13(16)7-5-12/h4-7,10-11H,3,8-9,17H2,1-2H3. The van der Waals surface area contributed by atoms with Crippen LogP contribution in [0.15, 0.2) is 36.4 Å². The summed E-state index contributed by atoms with van der Waals surface area (Å²) in [7, 11) is -1.36. The van der Waals surface area contributed by atoms with Crippen molar-refractivity contribution in [2.75, 3.05) is 0 Å². The number of rotatable bonds is 4. The largest absolute Gasteiger partial charge is 0.251 e. The maximum atomic E-state index is 11.5. The molecule has 1 unspecified atom stereocenters. The van der Waals surface area contributed by atoms with E-state index in [0.717, 1.165) is 17.9 Å². The molecule has 4 heteroatoms. The van der Waals surface area contributed by atoms with Gasteiger partial charge in [-0.25, -0.2) is 4.21 Å². The lowest BCUT2D eigenvalue weighted by molar-refractivity contribution is 0.313. The van der Waals surface area contributed by atoms with Gasteiger partial charge in [0.15, 0.2) is 0 Å². The topological polar surface area (TPSA) is 43.1 Å². The highest BCUT2D eigenvalue weighted by molar-refractivity contribution is 7.84. The molecular weight excluding hydrogens is 278 g/mol. The Labute approximate surface area is 122 Å². The Morgan fingerprint density at radius 2 is 1.89 bits per heavy atom. The van der Waals surface area contributed by atoms with Crippen LogP contribution in [0.2, 0.25) is 5.02 Å². The molecule has 1 aliphatic carbocycles. The molecule has 0 spiro atoms. The summed E-state index contributed by atoms with van der Waals surface area (Å²) in [5, 5.41) is 6.28. The van der Waals surface area contributed by atoms with E-state index in [0.29, 0.717) is 0 Å². The summed E-state index contributed by atoms with van der Waals surface area (Å²) in [5.74, 6) is 0. The molecule has 1 fully saturated rings. The van der Waals surface area contributed by atoms with Gasteiger partial charge in [0.25, 0.3) is 0 Å². The van der Waals surface area contributed by atoms with Crippen LogP contribution in [0.25, 0.3) is 0 Å². The first-order valence-corrected chi connectivity index (χ1v) is 8.08. The Bertz CT molecular complexity index is 503. The molecule has 0 aromatic heterocycles. The maximum absolute atomic E-state index is 11.5. The minimum Gasteiger partial charge on any atom is -0.251 e. The number of halogens is 1. The molecule has 2 nitrogen and oxygen atoms in total. The number of hydrogen-bond donors (Lipinski definition) is 1. The van der Waals surface area contributed by atoms with Gasteiger partial charge in [-0.3, -0.25) is 5.14 Å². The lowest BCUT2D eigenvalue weighted by Gasteiger charge is -2.40. The molecule has 1 atom stereocenters. The van der Waals surface area contributed by atoms with Crippen molar-refractivity contribution in [3.63, 3.8) is 0 Å². The Balaban J connectivity index is 2.27. The zero-order chi connectivity index (χ0) is 14.1. The summed E-state index contributed by atoms with van der Waals surface area (Å²) in [6, 6.07) is 8.02. The summed E-state index contributed by atoms with van der Waals surface area (Å²) >= 11 is 5.94. The Kier molecular flexibility index (Phi) is 4.19. The quantitative estimate of drug-likeness (QED) is 0.846. The van der Waals surface area contributed by atoms with Crippen LogP contribution in [0.5, 0.6) is 0 Å². The molecule has 1 saturated carbocycles. The monoisotopic (exact) mass is 297 g/mol. The first-order chi connectivity index (χ1) is 8.86. The fourth-order valence-electron chi connectivity index (χ4n) is 2.32. The third-order valence-electron chi connectivity index (χ3n) is 3.99. The molecule has 0 radical (unpaired) electrons. The molecule has 104 valence electrons. The van der Waals surface area contributed by atoms with E-state index in [4.69, 9.17) is 16.7 Å². The van der Waals surface area contributed by atoms with Crippen LogP contribution in [0, 0.1) is 0 Å². The van der Waals surface area contributed by atoms with E-state index < -0.39 is 15.7 Å². The molecule has 0 heterocycles. The second-order valence-electron chi connectivity index (χ2n) is 5.75. The minimum atomic E-state index is -1.36. The zero-order valence-electron chi connectivity index (χ0n) is 11.4. The molecule has 1 aliphatic rings. The van der Waals surface area contributed by atoms with E-state index >= 15 is 0 Å². The summed E-state index contributed by atoms with van der Waals surface area (Å²) in [6.07, 6.45) is 7.65. The van der Waals surface area contributed by atoms with Crippen molar-refractivity contribution in [2.45, 2.75) is 43.3 Å². The van der Waals surface area contributed by atoms with E-state index in [1.54, 1.807) is 0 Å². The lowest BCUT2D eigenvalue weighted by atomic mass is 9.64. The van der Waals surface area contributed by atoms with Crippen molar-refractivity contribution in [3.05, 3.63) is 47.0 Å². The predicted octanol–water partition coefficient (Wildman–Crippen LogP) is 3.72. The summed E-state index contributed by atoms with van der Waals surface area (Å²) in [6.45, 7) is 3.79. The van der Waals surface area contributed by atoms with E-state index in [1.807, 2.05) is 32.1 Å². The first-order valence-electron chi connectivity index (χ1n) is 6.48. The van der Waals surface area contributed by atoms with E-state index in [1.165, 1.54) is 12.0 Å². The van der Waals surface area contributed by atoms with Crippen molar-refractivity contribution >= 4 is 22.6 Å². The third kappa shape index (κ3) is 3.10. The molecule has 0 aliphatic heterocycles. The number of benzene rings is 1. The predicted molar refractivity (Wildman–Crippen MR) is 82.5 cm³/mol. The first kappa shape index (κ1) is 14.8. The van der Waals surface area contributed by atoms with Crippen molar-refractivity contribution < 1.29 is 4.21 Å². The normalized spacial score (nSPS) is 20.2. The lowest BCUT2D eigenvalue weighted by Crippen LogP contribution is -2.35. The van der Waals surface area contributed by atoms with Crippen molar-refractivity contribution in [2.24, 2.45) is 5.14 Å². The maximum Gasteiger partial charge on any atom is 0.0984 e. The fraction of sp³-hybridized carbons (Fsp3) is 0.467. The van der Waals surface area contributed by atoms with Gasteiger partial charge in [0.05, 0.1) is 15.7 Å².